The molecule has 0 saturated heterocycles. The normalized spacial score (nSPS) is 20.1. The van der Waals surface area contributed by atoms with Crippen molar-refractivity contribution in [3.63, 3.8) is 0 Å². The lowest BCUT2D eigenvalue weighted by molar-refractivity contribution is -0.140. The summed E-state index contributed by atoms with van der Waals surface area (Å²) >= 11 is 0. The van der Waals surface area contributed by atoms with E-state index < -0.39 is 72.5 Å². The number of benzene rings is 2. The summed E-state index contributed by atoms with van der Waals surface area (Å²) in [7, 11) is 2.49. The molecule has 1 heterocycles. The zero-order valence-electron chi connectivity index (χ0n) is 27.1. The summed E-state index contributed by atoms with van der Waals surface area (Å²) in [5, 5.41) is 23.1. The van der Waals surface area contributed by atoms with Crippen molar-refractivity contribution in [1.82, 2.24) is 21.3 Å². The molecule has 2 bridgehead atoms. The lowest BCUT2D eigenvalue weighted by atomic mass is 10.0. The van der Waals surface area contributed by atoms with Crippen molar-refractivity contribution in [2.24, 2.45) is 22.2 Å². The number of nitrogens with one attached hydrogen (secondary N) is 5. The first kappa shape index (κ1) is 39.4. The number of primary amides is 1. The maximum absolute atomic E-state index is 13.5. The Morgan fingerprint density at radius 1 is 0.880 bits per heavy atom. The summed E-state index contributed by atoms with van der Waals surface area (Å²) < 4.78 is 0. The SMILES string of the molecule is NC(=O)[C@@H]1CSSCCC(=O)N[C@@H](CCCCCN=C(N)N)C(=O)NCC(=O)N[C@@H](CC(=O)O)C(=O)Nc2cc(c3ccccc3c2)C(=O)N1. The number of unbranched alkanes of at least 4 members (excludes halogenated alkanes) is 2. The van der Waals surface area contributed by atoms with Gasteiger partial charge in [0.25, 0.3) is 5.91 Å². The summed E-state index contributed by atoms with van der Waals surface area (Å²) in [6.07, 6.45) is 1.27. The number of hydrogen-bond donors (Lipinski definition) is 9. The van der Waals surface area contributed by atoms with Gasteiger partial charge in [0.05, 0.1) is 13.0 Å². The van der Waals surface area contributed by atoms with E-state index in [0.29, 0.717) is 42.3 Å². The Kier molecular flexibility index (Phi) is 15.6. The third kappa shape index (κ3) is 13.1. The smallest absolute Gasteiger partial charge is 0.305 e. The van der Waals surface area contributed by atoms with Crippen molar-refractivity contribution in [3.05, 3.63) is 42.0 Å². The fraction of sp³-hybridized carbons (Fsp3) is 0.419. The van der Waals surface area contributed by atoms with E-state index in [2.05, 4.69) is 31.6 Å². The Morgan fingerprint density at radius 2 is 1.62 bits per heavy atom. The summed E-state index contributed by atoms with van der Waals surface area (Å²) in [6.45, 7) is -0.207. The lowest BCUT2D eigenvalue weighted by Gasteiger charge is -2.21. The molecule has 50 heavy (non-hydrogen) atoms. The summed E-state index contributed by atoms with van der Waals surface area (Å²) in [4.78, 5) is 93.2. The molecule has 0 unspecified atom stereocenters. The highest BCUT2D eigenvalue weighted by atomic mass is 33.1. The Balaban J connectivity index is 1.86. The van der Waals surface area contributed by atoms with Gasteiger partial charge in [0, 0.05) is 35.7 Å². The standard InChI is InChI=1S/C31H41N9O8S2/c32-27(45)23-16-50-49-11-9-24(41)38-21(8-2-1-5-10-35-31(33)34)29(47)36-15-25(42)39-22(14-26(43)44)30(48)37-18-12-17-6-3-4-7-19(17)20(13-18)28(46)40-23/h3-4,6-7,12-13,21-23H,1-2,5,8-11,14-16H2,(H2,32,45)(H,36,47)(H,37,48)(H,38,41)(H,39,42)(H,40,46)(H,43,44)(H4,33,34,35)/t21-,22-,23-/m0/s1. The first-order valence-corrected chi connectivity index (χ1v) is 18.1. The molecule has 0 saturated carbocycles. The van der Waals surface area contributed by atoms with Gasteiger partial charge in [0.15, 0.2) is 5.96 Å². The van der Waals surface area contributed by atoms with Crippen molar-refractivity contribution in [2.45, 2.75) is 56.7 Å². The van der Waals surface area contributed by atoms with Crippen LogP contribution >= 0.6 is 21.6 Å². The third-order valence-corrected chi connectivity index (χ3v) is 9.72. The second-order valence-electron chi connectivity index (χ2n) is 11.2. The van der Waals surface area contributed by atoms with Crippen molar-refractivity contribution in [2.75, 3.05) is 29.9 Å². The largest absolute Gasteiger partial charge is 0.481 e. The molecular weight excluding hydrogens is 691 g/mol. The maximum Gasteiger partial charge on any atom is 0.305 e. The van der Waals surface area contributed by atoms with E-state index in [1.54, 1.807) is 30.3 Å². The molecule has 0 radical (unpaired) electrons. The zero-order valence-corrected chi connectivity index (χ0v) is 28.7. The molecule has 19 heteroatoms. The van der Waals surface area contributed by atoms with Crippen LogP contribution in [0.25, 0.3) is 10.8 Å². The molecule has 1 aliphatic rings. The number of amides is 6. The van der Waals surface area contributed by atoms with Gasteiger partial charge in [-0.2, -0.15) is 0 Å². The van der Waals surface area contributed by atoms with Gasteiger partial charge in [-0.1, -0.05) is 58.7 Å². The van der Waals surface area contributed by atoms with E-state index in [0.717, 1.165) is 0 Å². The van der Waals surface area contributed by atoms with Crippen molar-refractivity contribution in [3.8, 4) is 0 Å². The fourth-order valence-electron chi connectivity index (χ4n) is 4.84. The van der Waals surface area contributed by atoms with Gasteiger partial charge in [-0.25, -0.2) is 0 Å². The highest BCUT2D eigenvalue weighted by Gasteiger charge is 2.27. The number of carboxylic acids is 1. The van der Waals surface area contributed by atoms with Crippen LogP contribution in [0.15, 0.2) is 41.4 Å². The topological polar surface area (TPSA) is 290 Å². The molecule has 17 nitrogen and oxygen atoms in total. The molecule has 6 amide bonds. The lowest BCUT2D eigenvalue weighted by Crippen LogP contribution is -2.51. The van der Waals surface area contributed by atoms with E-state index >= 15 is 0 Å². The second kappa shape index (κ2) is 19.8. The number of nitrogens with two attached hydrogens (primary N) is 3. The first-order chi connectivity index (χ1) is 23.8. The van der Waals surface area contributed by atoms with Crippen molar-refractivity contribution in [1.29, 1.82) is 0 Å². The minimum atomic E-state index is -1.56. The van der Waals surface area contributed by atoms with Crippen LogP contribution < -0.4 is 43.8 Å². The quantitative estimate of drug-likeness (QED) is 0.0686. The molecule has 0 aliphatic carbocycles. The molecule has 0 fully saturated rings. The maximum atomic E-state index is 13.5. The third-order valence-electron chi connectivity index (χ3n) is 7.30. The van der Waals surface area contributed by atoms with Crippen LogP contribution in [0.4, 0.5) is 5.69 Å². The molecular formula is C31H41N9O8S2. The zero-order chi connectivity index (χ0) is 36.6. The average Bonchev–Trinajstić information content (AvgIpc) is 3.05. The monoisotopic (exact) mass is 731 g/mol. The van der Waals surface area contributed by atoms with Gasteiger partial charge in [-0.05, 0) is 35.7 Å². The molecule has 270 valence electrons. The Hall–Kier alpha value is -5.04. The predicted molar refractivity (Wildman–Crippen MR) is 191 cm³/mol. The van der Waals surface area contributed by atoms with Crippen LogP contribution in [0, 0.1) is 0 Å². The van der Waals surface area contributed by atoms with Gasteiger partial charge < -0.3 is 48.9 Å². The number of rotatable bonds is 9. The van der Waals surface area contributed by atoms with Gasteiger partial charge in [0.1, 0.15) is 18.1 Å². The van der Waals surface area contributed by atoms with Crippen LogP contribution in [-0.2, 0) is 28.8 Å². The van der Waals surface area contributed by atoms with Crippen LogP contribution in [0.5, 0.6) is 0 Å². The highest BCUT2D eigenvalue weighted by Crippen LogP contribution is 2.26. The number of carboxylic acid groups (broad SMARTS) is 1. The minimum Gasteiger partial charge on any atom is -0.481 e. The number of carbonyl (C=O) groups excluding carboxylic acids is 6. The van der Waals surface area contributed by atoms with Crippen LogP contribution in [0.1, 0.15) is 48.9 Å². The average molecular weight is 732 g/mol. The molecule has 2 aromatic carbocycles. The van der Waals surface area contributed by atoms with Crippen molar-refractivity contribution >= 4 is 85.4 Å². The number of guanidine groups is 1. The Labute approximate surface area is 295 Å². The van der Waals surface area contributed by atoms with Gasteiger partial charge in [0.2, 0.25) is 29.5 Å². The van der Waals surface area contributed by atoms with E-state index in [1.165, 1.54) is 27.7 Å². The van der Waals surface area contributed by atoms with Gasteiger partial charge in [-0.15, -0.1) is 0 Å². The number of aliphatic imine (C=N–C) groups is 1. The molecule has 1 aliphatic heterocycles. The molecule has 2 aromatic rings. The number of hydrogen-bond acceptors (Lipinski definition) is 10. The van der Waals surface area contributed by atoms with Gasteiger partial charge in [-0.3, -0.25) is 38.6 Å². The number of fused-ring (bicyclic) bond motifs is 4. The van der Waals surface area contributed by atoms with Crippen LogP contribution in [-0.4, -0.2) is 95.2 Å². The molecule has 12 N–H and O–H groups in total. The molecule has 3 atom stereocenters. The van der Waals surface area contributed by atoms with Gasteiger partial charge >= 0.3 is 5.97 Å². The number of carbonyl (C=O) groups is 7. The summed E-state index contributed by atoms with van der Waals surface area (Å²) in [6, 6.07) is 6.07. The van der Waals surface area contributed by atoms with Crippen LogP contribution in [0.2, 0.25) is 0 Å². The van der Waals surface area contributed by atoms with E-state index in [4.69, 9.17) is 17.2 Å². The number of nitrogens with zero attached hydrogens (tertiary/aromatic N) is 1. The first-order valence-electron chi connectivity index (χ1n) is 15.7. The Morgan fingerprint density at radius 3 is 2.34 bits per heavy atom. The molecule has 0 aromatic heterocycles. The van der Waals surface area contributed by atoms with Crippen molar-refractivity contribution < 1.29 is 38.7 Å². The minimum absolute atomic E-state index is 0.0186. The fourth-order valence-corrected chi connectivity index (χ4v) is 7.01. The number of anilines is 1. The summed E-state index contributed by atoms with van der Waals surface area (Å²) in [5.41, 5.74) is 16.5. The predicted octanol–water partition coefficient (Wildman–Crippen LogP) is -0.459. The second-order valence-corrected chi connectivity index (χ2v) is 13.9. The van der Waals surface area contributed by atoms with E-state index in [1.807, 2.05) is 0 Å². The summed E-state index contributed by atoms with van der Waals surface area (Å²) in [5.74, 6) is -5.29. The van der Waals surface area contributed by atoms with E-state index in [9.17, 15) is 38.7 Å². The number of aliphatic carboxylic acids is 1. The van der Waals surface area contributed by atoms with Crippen LogP contribution in [0.3, 0.4) is 0 Å². The molecule has 3 rings (SSSR count). The highest BCUT2D eigenvalue weighted by molar-refractivity contribution is 8.76. The Bertz CT molecular complexity index is 1620. The molecule has 0 spiro atoms. The van der Waals surface area contributed by atoms with E-state index in [-0.39, 0.29) is 35.8 Å².